The first-order valence-corrected chi connectivity index (χ1v) is 13.1. The fourth-order valence-electron chi connectivity index (χ4n) is 6.98. The van der Waals surface area contributed by atoms with E-state index in [0.717, 1.165) is 44.5 Å². The lowest BCUT2D eigenvalue weighted by Crippen LogP contribution is -2.63. The van der Waals surface area contributed by atoms with Crippen molar-refractivity contribution in [3.8, 4) is 0 Å². The number of piperidine rings is 1. The summed E-state index contributed by atoms with van der Waals surface area (Å²) in [6.07, 6.45) is 4.22. The lowest BCUT2D eigenvalue weighted by atomic mass is 9.69. The number of nitrogens with one attached hydrogen (secondary N) is 2. The molecule has 4 saturated heterocycles. The summed E-state index contributed by atoms with van der Waals surface area (Å²) in [4.78, 5) is 28.5. The average molecular weight is 487 g/mol. The van der Waals surface area contributed by atoms with Crippen LogP contribution in [-0.4, -0.2) is 79.3 Å². The second-order valence-electron chi connectivity index (χ2n) is 10.7. The molecule has 5 aliphatic rings. The molecule has 6 atom stereocenters. The molecular weight excluding hydrogens is 451 g/mol. The molecule has 1 aromatic carbocycles. The second kappa shape index (κ2) is 9.76. The lowest BCUT2D eigenvalue weighted by Gasteiger charge is -2.49. The topological polar surface area (TPSA) is 83.1 Å². The second-order valence-corrected chi connectivity index (χ2v) is 10.7. The zero-order chi connectivity index (χ0) is 23.9. The Morgan fingerprint density at radius 1 is 1.06 bits per heavy atom. The normalized spacial score (nSPS) is 36.4. The zero-order valence-corrected chi connectivity index (χ0v) is 20.0. The van der Waals surface area contributed by atoms with Gasteiger partial charge in [0.2, 0.25) is 11.8 Å². The summed E-state index contributed by atoms with van der Waals surface area (Å²) in [6.45, 7) is 3.76. The van der Waals surface area contributed by atoms with Gasteiger partial charge in [-0.3, -0.25) is 15.0 Å². The maximum atomic E-state index is 13.5. The Kier molecular flexibility index (Phi) is 6.51. The Bertz CT molecular complexity index is 940. The summed E-state index contributed by atoms with van der Waals surface area (Å²) in [7, 11) is 0. The number of hydrogen-bond donors (Lipinski definition) is 2. The summed E-state index contributed by atoms with van der Waals surface area (Å²) in [5.41, 5.74) is 4.43. The number of morpholine rings is 1. The minimum atomic E-state index is -0.279. The quantitative estimate of drug-likeness (QED) is 0.676. The van der Waals surface area contributed by atoms with Crippen molar-refractivity contribution in [1.29, 1.82) is 0 Å². The predicted molar refractivity (Wildman–Crippen MR) is 125 cm³/mol. The van der Waals surface area contributed by atoms with Gasteiger partial charge in [0.15, 0.2) is 0 Å². The number of hydrazine groups is 1. The summed E-state index contributed by atoms with van der Waals surface area (Å²) >= 11 is 0. The van der Waals surface area contributed by atoms with E-state index in [9.17, 15) is 14.0 Å². The van der Waals surface area contributed by atoms with Crippen LogP contribution in [0.15, 0.2) is 24.3 Å². The van der Waals surface area contributed by atoms with Gasteiger partial charge in [-0.2, -0.15) is 0 Å². The van der Waals surface area contributed by atoms with Gasteiger partial charge in [-0.05, 0) is 55.7 Å². The van der Waals surface area contributed by atoms with Crippen molar-refractivity contribution in [3.05, 3.63) is 35.6 Å². The highest BCUT2D eigenvalue weighted by Crippen LogP contribution is 2.42. The largest absolute Gasteiger partial charge is 0.381 e. The average Bonchev–Trinajstić information content (AvgIpc) is 3.35. The molecule has 0 radical (unpaired) electrons. The van der Waals surface area contributed by atoms with Crippen LogP contribution in [-0.2, 0) is 19.1 Å². The molecule has 2 N–H and O–H groups in total. The Morgan fingerprint density at radius 3 is 2.66 bits per heavy atom. The van der Waals surface area contributed by atoms with E-state index in [4.69, 9.17) is 9.47 Å². The Balaban J connectivity index is 1.12. The van der Waals surface area contributed by atoms with Crippen LogP contribution in [0.1, 0.15) is 43.8 Å². The van der Waals surface area contributed by atoms with Gasteiger partial charge < -0.3 is 19.7 Å². The highest BCUT2D eigenvalue weighted by atomic mass is 19.1. The van der Waals surface area contributed by atoms with Crippen LogP contribution >= 0.6 is 0 Å². The molecule has 0 spiro atoms. The molecule has 0 bridgehead atoms. The maximum absolute atomic E-state index is 13.5. The Labute approximate surface area is 205 Å². The van der Waals surface area contributed by atoms with Gasteiger partial charge in [-0.15, -0.1) is 0 Å². The minimum absolute atomic E-state index is 0.0259. The van der Waals surface area contributed by atoms with Crippen LogP contribution in [0.2, 0.25) is 0 Å². The number of halogens is 1. The van der Waals surface area contributed by atoms with Gasteiger partial charge in [-0.1, -0.05) is 12.1 Å². The number of hydrogen-bond acceptors (Lipinski definition) is 6. The molecule has 6 rings (SSSR count). The molecule has 5 fully saturated rings. The molecule has 2 amide bonds. The number of carbonyl (C=O) groups is 2. The molecular formula is C26H35FN4O4. The molecule has 9 heteroatoms. The van der Waals surface area contributed by atoms with Gasteiger partial charge in [-0.25, -0.2) is 9.40 Å². The van der Waals surface area contributed by atoms with Crippen molar-refractivity contribution in [2.24, 2.45) is 17.8 Å². The van der Waals surface area contributed by atoms with E-state index < -0.39 is 0 Å². The monoisotopic (exact) mass is 486 g/mol. The summed E-state index contributed by atoms with van der Waals surface area (Å²) in [5.74, 6) is 0.235. The fourth-order valence-corrected chi connectivity index (χ4v) is 6.98. The molecule has 1 aliphatic carbocycles. The molecule has 8 nitrogen and oxygen atoms in total. The van der Waals surface area contributed by atoms with Crippen molar-refractivity contribution >= 4 is 11.8 Å². The van der Waals surface area contributed by atoms with E-state index in [1.807, 2.05) is 4.90 Å². The highest BCUT2D eigenvalue weighted by molar-refractivity contribution is 5.82. The summed E-state index contributed by atoms with van der Waals surface area (Å²) < 4.78 is 24.8. The van der Waals surface area contributed by atoms with Gasteiger partial charge in [0.1, 0.15) is 11.9 Å². The van der Waals surface area contributed by atoms with Crippen molar-refractivity contribution < 1.29 is 23.5 Å². The van der Waals surface area contributed by atoms with Crippen LogP contribution in [0.3, 0.4) is 0 Å². The molecule has 35 heavy (non-hydrogen) atoms. The summed E-state index contributed by atoms with van der Waals surface area (Å²) in [6, 6.07) is 6.95. The van der Waals surface area contributed by atoms with Crippen LogP contribution in [0, 0.1) is 23.6 Å². The third-order valence-electron chi connectivity index (χ3n) is 8.79. The predicted octanol–water partition coefficient (Wildman–Crippen LogP) is 1.62. The standard InChI is InChI=1S/C26H35FN4O4/c27-18-4-1-16(2-5-18)23-15-30(9-12-35-23)26(33)17-3-6-20-22(13-17)29-25(32)21-14-28-31(24(20)21)19-7-10-34-11-8-19/h1-2,4-5,17,19-24,28H,3,6-15H2,(H,29,32). The summed E-state index contributed by atoms with van der Waals surface area (Å²) in [5, 5.41) is 5.66. The van der Waals surface area contributed by atoms with E-state index in [2.05, 4.69) is 15.8 Å². The van der Waals surface area contributed by atoms with E-state index in [0.29, 0.717) is 44.6 Å². The molecule has 4 aliphatic heterocycles. The zero-order valence-electron chi connectivity index (χ0n) is 20.0. The van der Waals surface area contributed by atoms with Gasteiger partial charge in [0, 0.05) is 50.3 Å². The number of rotatable bonds is 3. The molecule has 1 saturated carbocycles. The highest BCUT2D eigenvalue weighted by Gasteiger charge is 2.53. The van der Waals surface area contributed by atoms with Crippen molar-refractivity contribution in [1.82, 2.24) is 20.7 Å². The van der Waals surface area contributed by atoms with E-state index in [1.165, 1.54) is 12.1 Å². The van der Waals surface area contributed by atoms with Crippen LogP contribution in [0.5, 0.6) is 0 Å². The minimum Gasteiger partial charge on any atom is -0.381 e. The van der Waals surface area contributed by atoms with Crippen LogP contribution in [0.25, 0.3) is 0 Å². The number of nitrogens with zero attached hydrogens (tertiary/aromatic N) is 2. The first kappa shape index (κ1) is 23.3. The first-order chi connectivity index (χ1) is 17.1. The fraction of sp³-hybridized carbons (Fsp3) is 0.692. The third kappa shape index (κ3) is 4.48. The van der Waals surface area contributed by atoms with E-state index in [-0.39, 0.29) is 47.7 Å². The molecule has 0 aromatic heterocycles. The van der Waals surface area contributed by atoms with E-state index in [1.54, 1.807) is 12.1 Å². The molecule has 1 aromatic rings. The van der Waals surface area contributed by atoms with Crippen LogP contribution < -0.4 is 10.7 Å². The Hall–Kier alpha value is -2.07. The molecule has 6 unspecified atom stereocenters. The smallest absolute Gasteiger partial charge is 0.226 e. The SMILES string of the molecule is O=C1NC2CC(C(=O)N3CCOC(c4ccc(F)cc4)C3)CCC2C2C1CNN2C1CCOCC1. The molecule has 4 heterocycles. The first-order valence-electron chi connectivity index (χ1n) is 13.1. The van der Waals surface area contributed by atoms with E-state index >= 15 is 0 Å². The number of ether oxygens (including phenoxy) is 2. The van der Waals surface area contributed by atoms with Crippen molar-refractivity contribution in [2.75, 3.05) is 39.5 Å². The number of carbonyl (C=O) groups excluding carboxylic acids is 2. The molecule has 190 valence electrons. The number of fused-ring (bicyclic) bond motifs is 3. The maximum Gasteiger partial charge on any atom is 0.226 e. The lowest BCUT2D eigenvalue weighted by molar-refractivity contribution is -0.147. The van der Waals surface area contributed by atoms with Crippen molar-refractivity contribution in [3.63, 3.8) is 0 Å². The van der Waals surface area contributed by atoms with Gasteiger partial charge in [0.05, 0.1) is 19.1 Å². The number of amides is 2. The Morgan fingerprint density at radius 2 is 1.86 bits per heavy atom. The van der Waals surface area contributed by atoms with Gasteiger partial charge in [0.25, 0.3) is 0 Å². The van der Waals surface area contributed by atoms with Gasteiger partial charge >= 0.3 is 0 Å². The van der Waals surface area contributed by atoms with Crippen LogP contribution in [0.4, 0.5) is 4.39 Å². The number of benzene rings is 1. The van der Waals surface area contributed by atoms with Crippen molar-refractivity contribution in [2.45, 2.75) is 56.3 Å². The third-order valence-corrected chi connectivity index (χ3v) is 8.79.